The van der Waals surface area contributed by atoms with Crippen LogP contribution in [0, 0.1) is 18.8 Å². The second-order valence-electron chi connectivity index (χ2n) is 9.12. The van der Waals surface area contributed by atoms with Gasteiger partial charge < -0.3 is 14.7 Å². The highest BCUT2D eigenvalue weighted by Crippen LogP contribution is 2.39. The zero-order valence-corrected chi connectivity index (χ0v) is 18.8. The number of benzene rings is 1. The van der Waals surface area contributed by atoms with Gasteiger partial charge in [0.05, 0.1) is 18.2 Å². The van der Waals surface area contributed by atoms with Gasteiger partial charge in [0.25, 0.3) is 5.91 Å². The van der Waals surface area contributed by atoms with Crippen LogP contribution in [0.2, 0.25) is 0 Å². The lowest BCUT2D eigenvalue weighted by Gasteiger charge is -2.35. The standard InChI is InChI=1S/C23H30N4O3S/c1-15-24-25-22(31-15)14-26-12-16-10-19(28)21(11-17(16)13-26)30-20-7-3-2-6-18(20)23(29)27-8-4-5-9-27/h2-3,6-7,16-17,19,21,28H,4-5,8-14H2,1H3/t16-,17+,19+,21+/m0/s1. The van der Waals surface area contributed by atoms with E-state index in [1.165, 1.54) is 0 Å². The van der Waals surface area contributed by atoms with Gasteiger partial charge in [-0.3, -0.25) is 9.69 Å². The topological polar surface area (TPSA) is 78.8 Å². The van der Waals surface area contributed by atoms with Crippen molar-refractivity contribution in [2.75, 3.05) is 26.2 Å². The maximum absolute atomic E-state index is 13.0. The number of hydrogen-bond donors (Lipinski definition) is 1. The van der Waals surface area contributed by atoms with Crippen molar-refractivity contribution < 1.29 is 14.6 Å². The lowest BCUT2D eigenvalue weighted by molar-refractivity contribution is -0.0235. The van der Waals surface area contributed by atoms with Crippen LogP contribution in [0.4, 0.5) is 0 Å². The molecule has 4 atom stereocenters. The van der Waals surface area contributed by atoms with Crippen LogP contribution in [0.25, 0.3) is 0 Å². The van der Waals surface area contributed by atoms with Gasteiger partial charge in [0.2, 0.25) is 0 Å². The number of nitrogens with zero attached hydrogens (tertiary/aromatic N) is 4. The highest BCUT2D eigenvalue weighted by Gasteiger charge is 2.43. The molecule has 31 heavy (non-hydrogen) atoms. The predicted octanol–water partition coefficient (Wildman–Crippen LogP) is 2.73. The van der Waals surface area contributed by atoms with Crippen LogP contribution in [0.1, 0.15) is 46.1 Å². The summed E-state index contributed by atoms with van der Waals surface area (Å²) in [6.07, 6.45) is 2.88. The van der Waals surface area contributed by atoms with Crippen LogP contribution in [0.3, 0.4) is 0 Å². The number of hydrogen-bond acceptors (Lipinski definition) is 7. The number of rotatable bonds is 5. The minimum atomic E-state index is -0.514. The summed E-state index contributed by atoms with van der Waals surface area (Å²) in [7, 11) is 0. The minimum Gasteiger partial charge on any atom is -0.487 e. The van der Waals surface area contributed by atoms with E-state index in [1.807, 2.05) is 36.1 Å². The molecule has 1 amide bonds. The fourth-order valence-corrected chi connectivity index (χ4v) is 6.09. The quantitative estimate of drug-likeness (QED) is 0.767. The average molecular weight is 443 g/mol. The van der Waals surface area contributed by atoms with Crippen molar-refractivity contribution in [1.29, 1.82) is 0 Å². The van der Waals surface area contributed by atoms with Gasteiger partial charge in [-0.1, -0.05) is 12.1 Å². The first-order valence-corrected chi connectivity index (χ1v) is 12.1. The summed E-state index contributed by atoms with van der Waals surface area (Å²) in [5.41, 5.74) is 0.610. The largest absolute Gasteiger partial charge is 0.487 e. The third kappa shape index (κ3) is 4.47. The van der Waals surface area contributed by atoms with E-state index in [1.54, 1.807) is 11.3 Å². The molecule has 1 aliphatic carbocycles. The molecule has 0 spiro atoms. The number of aryl methyl sites for hydroxylation is 1. The minimum absolute atomic E-state index is 0.0377. The molecule has 1 aromatic heterocycles. The monoisotopic (exact) mass is 442 g/mol. The van der Waals surface area contributed by atoms with Gasteiger partial charge >= 0.3 is 0 Å². The summed E-state index contributed by atoms with van der Waals surface area (Å²) in [6.45, 7) is 6.41. The van der Waals surface area contributed by atoms with Crippen LogP contribution >= 0.6 is 11.3 Å². The molecule has 2 saturated heterocycles. The number of para-hydroxylation sites is 1. The van der Waals surface area contributed by atoms with Crippen LogP contribution in [-0.4, -0.2) is 69.4 Å². The summed E-state index contributed by atoms with van der Waals surface area (Å²) in [4.78, 5) is 17.3. The number of aromatic nitrogens is 2. The third-order valence-electron chi connectivity index (χ3n) is 6.88. The van der Waals surface area contributed by atoms with E-state index in [4.69, 9.17) is 4.74 Å². The zero-order valence-electron chi connectivity index (χ0n) is 17.9. The number of aliphatic hydroxyl groups excluding tert-OH is 1. The van der Waals surface area contributed by atoms with Crippen LogP contribution < -0.4 is 4.74 Å². The van der Waals surface area contributed by atoms with Gasteiger partial charge in [-0.15, -0.1) is 21.5 Å². The van der Waals surface area contributed by atoms with Gasteiger partial charge in [-0.2, -0.15) is 0 Å². The van der Waals surface area contributed by atoms with Gasteiger partial charge in [-0.05, 0) is 56.6 Å². The molecule has 0 unspecified atom stereocenters. The van der Waals surface area contributed by atoms with Crippen molar-refractivity contribution in [3.05, 3.63) is 39.8 Å². The Morgan fingerprint density at radius 1 is 1.16 bits per heavy atom. The normalized spacial score (nSPS) is 28.6. The first kappa shape index (κ1) is 20.8. The number of ether oxygens (including phenoxy) is 1. The lowest BCUT2D eigenvalue weighted by Crippen LogP contribution is -2.42. The zero-order chi connectivity index (χ0) is 21.4. The van der Waals surface area contributed by atoms with Crippen molar-refractivity contribution in [3.8, 4) is 5.75 Å². The fourth-order valence-electron chi connectivity index (χ4n) is 5.34. The van der Waals surface area contributed by atoms with Crippen LogP contribution in [0.15, 0.2) is 24.3 Å². The fraction of sp³-hybridized carbons (Fsp3) is 0.609. The number of carbonyl (C=O) groups is 1. The number of aliphatic hydroxyl groups is 1. The van der Waals surface area contributed by atoms with E-state index in [0.717, 1.165) is 68.4 Å². The third-order valence-corrected chi connectivity index (χ3v) is 7.70. The Hall–Kier alpha value is -2.03. The van der Waals surface area contributed by atoms with Gasteiger partial charge in [0, 0.05) is 26.2 Å². The van der Waals surface area contributed by atoms with E-state index < -0.39 is 6.10 Å². The molecule has 7 nitrogen and oxygen atoms in total. The molecule has 3 fully saturated rings. The van der Waals surface area contributed by atoms with E-state index in [-0.39, 0.29) is 12.0 Å². The highest BCUT2D eigenvalue weighted by atomic mass is 32.1. The lowest BCUT2D eigenvalue weighted by atomic mass is 9.78. The number of amides is 1. The molecular formula is C23H30N4O3S. The molecule has 1 N–H and O–H groups in total. The van der Waals surface area contributed by atoms with Crippen molar-refractivity contribution >= 4 is 17.2 Å². The first-order valence-electron chi connectivity index (χ1n) is 11.3. The molecule has 166 valence electrons. The second kappa shape index (κ2) is 8.84. The molecule has 8 heteroatoms. The van der Waals surface area contributed by atoms with Crippen LogP contribution in [0.5, 0.6) is 5.75 Å². The maximum atomic E-state index is 13.0. The van der Waals surface area contributed by atoms with Gasteiger partial charge in [0.15, 0.2) is 0 Å². The molecular weight excluding hydrogens is 412 g/mol. The van der Waals surface area contributed by atoms with Crippen molar-refractivity contribution in [2.45, 2.75) is 51.4 Å². The Kier molecular flexibility index (Phi) is 5.95. The number of likely N-dealkylation sites (tertiary alicyclic amines) is 2. The van der Waals surface area contributed by atoms with Crippen molar-refractivity contribution in [2.24, 2.45) is 11.8 Å². The Balaban J connectivity index is 1.25. The summed E-state index contributed by atoms with van der Waals surface area (Å²) in [5, 5.41) is 21.3. The maximum Gasteiger partial charge on any atom is 0.257 e. The van der Waals surface area contributed by atoms with Crippen molar-refractivity contribution in [1.82, 2.24) is 20.0 Å². The SMILES string of the molecule is Cc1nnc(CN2C[C@H]3C[C@@H](Oc4ccccc4C(=O)N4CCCC4)[C@H](O)C[C@H]3C2)s1. The molecule has 0 bridgehead atoms. The van der Waals surface area contributed by atoms with E-state index in [0.29, 0.717) is 23.1 Å². The molecule has 2 aliphatic heterocycles. The van der Waals surface area contributed by atoms with Gasteiger partial charge in [-0.25, -0.2) is 0 Å². The Bertz CT molecular complexity index is 929. The Morgan fingerprint density at radius 3 is 2.65 bits per heavy atom. The summed E-state index contributed by atoms with van der Waals surface area (Å²) >= 11 is 1.65. The molecule has 3 aliphatic rings. The Morgan fingerprint density at radius 2 is 1.90 bits per heavy atom. The molecule has 1 aromatic carbocycles. The molecule has 0 radical (unpaired) electrons. The average Bonchev–Trinajstić information content (AvgIpc) is 3.50. The first-order chi connectivity index (χ1) is 15.1. The molecule has 5 rings (SSSR count). The van der Waals surface area contributed by atoms with Crippen LogP contribution in [-0.2, 0) is 6.54 Å². The highest BCUT2D eigenvalue weighted by molar-refractivity contribution is 7.11. The summed E-state index contributed by atoms with van der Waals surface area (Å²) in [6, 6.07) is 7.49. The molecule has 2 aromatic rings. The van der Waals surface area contributed by atoms with Crippen molar-refractivity contribution in [3.63, 3.8) is 0 Å². The molecule has 1 saturated carbocycles. The molecule has 3 heterocycles. The smallest absolute Gasteiger partial charge is 0.257 e. The van der Waals surface area contributed by atoms with E-state index in [9.17, 15) is 9.90 Å². The summed E-state index contributed by atoms with van der Waals surface area (Å²) in [5.74, 6) is 1.60. The predicted molar refractivity (Wildman–Crippen MR) is 118 cm³/mol. The number of fused-ring (bicyclic) bond motifs is 1. The van der Waals surface area contributed by atoms with E-state index in [2.05, 4.69) is 15.1 Å². The number of carbonyl (C=O) groups excluding carboxylic acids is 1. The van der Waals surface area contributed by atoms with E-state index >= 15 is 0 Å². The Labute approximate surface area is 187 Å². The second-order valence-corrected chi connectivity index (χ2v) is 10.4. The summed E-state index contributed by atoms with van der Waals surface area (Å²) < 4.78 is 6.31. The van der Waals surface area contributed by atoms with Gasteiger partial charge in [0.1, 0.15) is 21.9 Å².